The van der Waals surface area contributed by atoms with Crippen molar-refractivity contribution in [2.45, 2.75) is 26.2 Å². The van der Waals surface area contributed by atoms with Gasteiger partial charge in [0.15, 0.2) is 5.65 Å². The normalized spacial score (nSPS) is 12.3. The molecule has 0 atom stereocenters. The maximum atomic E-state index is 5.79. The van der Waals surface area contributed by atoms with Crippen LogP contribution >= 0.6 is 11.6 Å². The van der Waals surface area contributed by atoms with Crippen molar-refractivity contribution in [2.75, 3.05) is 0 Å². The molecule has 14 heavy (non-hydrogen) atoms. The van der Waals surface area contributed by atoms with Gasteiger partial charge in [0, 0.05) is 17.7 Å². The van der Waals surface area contributed by atoms with Crippen molar-refractivity contribution in [2.24, 2.45) is 0 Å². The molecule has 0 aromatic carbocycles. The quantitative estimate of drug-likeness (QED) is 0.625. The lowest BCUT2D eigenvalue weighted by molar-refractivity contribution is 0.562. The van der Waals surface area contributed by atoms with E-state index in [1.54, 1.807) is 10.6 Å². The molecule has 0 bridgehead atoms. The smallest absolute Gasteiger partial charge is 0.156 e. The summed E-state index contributed by atoms with van der Waals surface area (Å²) < 4.78 is 1.74. The van der Waals surface area contributed by atoms with Crippen LogP contribution in [0.2, 0.25) is 5.15 Å². The highest BCUT2D eigenvalue weighted by Gasteiger charge is 2.17. The molecule has 0 radical (unpaired) electrons. The van der Waals surface area contributed by atoms with E-state index in [0.717, 1.165) is 11.3 Å². The van der Waals surface area contributed by atoms with Gasteiger partial charge in [0.05, 0.1) is 5.69 Å². The standard InChI is InChI=1S/C10H12ClN3/c1-10(2,3)7-6-9-12-8(11)4-5-14(9)13-7/h4-6H,1-3H3. The molecule has 0 saturated heterocycles. The zero-order chi connectivity index (χ0) is 10.3. The molecular weight excluding hydrogens is 198 g/mol. The van der Waals surface area contributed by atoms with Crippen LogP contribution < -0.4 is 0 Å². The fourth-order valence-corrected chi connectivity index (χ4v) is 1.37. The van der Waals surface area contributed by atoms with Crippen molar-refractivity contribution in [1.82, 2.24) is 14.6 Å². The van der Waals surface area contributed by atoms with E-state index in [4.69, 9.17) is 11.6 Å². The highest BCUT2D eigenvalue weighted by atomic mass is 35.5. The molecule has 4 heteroatoms. The average molecular weight is 210 g/mol. The van der Waals surface area contributed by atoms with E-state index in [-0.39, 0.29) is 5.41 Å². The summed E-state index contributed by atoms with van der Waals surface area (Å²) in [5.41, 5.74) is 1.86. The Labute approximate surface area is 87.7 Å². The first kappa shape index (κ1) is 9.46. The van der Waals surface area contributed by atoms with Gasteiger partial charge in [-0.1, -0.05) is 32.4 Å². The Morgan fingerprint density at radius 3 is 2.71 bits per heavy atom. The molecule has 0 aliphatic heterocycles. The number of fused-ring (bicyclic) bond motifs is 1. The molecule has 74 valence electrons. The van der Waals surface area contributed by atoms with Gasteiger partial charge < -0.3 is 0 Å². The van der Waals surface area contributed by atoms with Gasteiger partial charge in [-0.15, -0.1) is 0 Å². The molecule has 0 unspecified atom stereocenters. The maximum absolute atomic E-state index is 5.79. The fraction of sp³-hybridized carbons (Fsp3) is 0.400. The zero-order valence-electron chi connectivity index (χ0n) is 8.45. The number of rotatable bonds is 0. The summed E-state index contributed by atoms with van der Waals surface area (Å²) in [4.78, 5) is 4.18. The fourth-order valence-electron chi connectivity index (χ4n) is 1.22. The van der Waals surface area contributed by atoms with Crippen LogP contribution in [0.15, 0.2) is 18.3 Å². The Balaban J connectivity index is 2.63. The van der Waals surface area contributed by atoms with E-state index < -0.39 is 0 Å². The molecular formula is C10H12ClN3. The van der Waals surface area contributed by atoms with Gasteiger partial charge in [-0.25, -0.2) is 9.50 Å². The molecule has 0 aliphatic rings. The largest absolute Gasteiger partial charge is 0.222 e. The van der Waals surface area contributed by atoms with Gasteiger partial charge in [0.25, 0.3) is 0 Å². The van der Waals surface area contributed by atoms with Crippen molar-refractivity contribution in [1.29, 1.82) is 0 Å². The van der Waals surface area contributed by atoms with Gasteiger partial charge >= 0.3 is 0 Å². The number of hydrogen-bond acceptors (Lipinski definition) is 2. The highest BCUT2D eigenvalue weighted by Crippen LogP contribution is 2.21. The summed E-state index contributed by atoms with van der Waals surface area (Å²) in [5.74, 6) is 0. The number of halogens is 1. The van der Waals surface area contributed by atoms with E-state index in [9.17, 15) is 0 Å². The zero-order valence-corrected chi connectivity index (χ0v) is 9.21. The molecule has 0 amide bonds. The number of nitrogens with zero attached hydrogens (tertiary/aromatic N) is 3. The Morgan fingerprint density at radius 2 is 2.07 bits per heavy atom. The SMILES string of the molecule is CC(C)(C)c1cc2nc(Cl)ccn2n1. The van der Waals surface area contributed by atoms with Crippen LogP contribution in [0, 0.1) is 0 Å². The third kappa shape index (κ3) is 1.60. The van der Waals surface area contributed by atoms with Gasteiger partial charge in [0.1, 0.15) is 5.15 Å². The van der Waals surface area contributed by atoms with E-state index in [1.165, 1.54) is 0 Å². The number of aromatic nitrogens is 3. The van der Waals surface area contributed by atoms with E-state index in [2.05, 4.69) is 30.9 Å². The van der Waals surface area contributed by atoms with Crippen LogP contribution in [0.4, 0.5) is 0 Å². The lowest BCUT2D eigenvalue weighted by Crippen LogP contribution is -2.11. The van der Waals surface area contributed by atoms with Crippen LogP contribution in [0.25, 0.3) is 5.65 Å². The monoisotopic (exact) mass is 209 g/mol. The molecule has 0 N–H and O–H groups in total. The second-order valence-electron chi connectivity index (χ2n) is 4.33. The first-order chi connectivity index (χ1) is 6.47. The predicted octanol–water partition coefficient (Wildman–Crippen LogP) is 2.68. The topological polar surface area (TPSA) is 30.2 Å². The van der Waals surface area contributed by atoms with Crippen LogP contribution in [-0.4, -0.2) is 14.6 Å². The predicted molar refractivity (Wildman–Crippen MR) is 56.7 cm³/mol. The molecule has 0 saturated carbocycles. The van der Waals surface area contributed by atoms with Gasteiger partial charge in [-0.05, 0) is 6.07 Å². The molecule has 2 aromatic heterocycles. The molecule has 2 aromatic rings. The minimum atomic E-state index is 0.0418. The second kappa shape index (κ2) is 2.95. The van der Waals surface area contributed by atoms with Crippen LogP contribution in [0.1, 0.15) is 26.5 Å². The molecule has 3 nitrogen and oxygen atoms in total. The van der Waals surface area contributed by atoms with Crippen molar-refractivity contribution < 1.29 is 0 Å². The van der Waals surface area contributed by atoms with E-state index in [1.807, 2.05) is 12.3 Å². The van der Waals surface area contributed by atoms with Crippen molar-refractivity contribution in [3.8, 4) is 0 Å². The highest BCUT2D eigenvalue weighted by molar-refractivity contribution is 6.29. The minimum absolute atomic E-state index is 0.0418. The average Bonchev–Trinajstić information content (AvgIpc) is 2.45. The first-order valence-electron chi connectivity index (χ1n) is 4.49. The molecule has 0 aliphatic carbocycles. The Kier molecular flexibility index (Phi) is 2.00. The summed E-state index contributed by atoms with van der Waals surface area (Å²) in [6.07, 6.45) is 1.82. The minimum Gasteiger partial charge on any atom is -0.222 e. The third-order valence-electron chi connectivity index (χ3n) is 2.06. The molecule has 2 heterocycles. The Bertz CT molecular complexity index is 468. The van der Waals surface area contributed by atoms with Crippen molar-refractivity contribution >= 4 is 17.2 Å². The van der Waals surface area contributed by atoms with Crippen LogP contribution in [-0.2, 0) is 5.41 Å². The molecule has 0 spiro atoms. The van der Waals surface area contributed by atoms with Gasteiger partial charge in [-0.2, -0.15) is 5.10 Å². The van der Waals surface area contributed by atoms with Gasteiger partial charge in [-0.3, -0.25) is 0 Å². The molecule has 2 rings (SSSR count). The third-order valence-corrected chi connectivity index (χ3v) is 2.27. The summed E-state index contributed by atoms with van der Waals surface area (Å²) in [5, 5.41) is 4.92. The summed E-state index contributed by atoms with van der Waals surface area (Å²) in [6.45, 7) is 6.36. The first-order valence-corrected chi connectivity index (χ1v) is 4.87. The molecule has 0 fully saturated rings. The van der Waals surface area contributed by atoms with E-state index in [0.29, 0.717) is 5.15 Å². The van der Waals surface area contributed by atoms with Crippen molar-refractivity contribution in [3.63, 3.8) is 0 Å². The Hall–Kier alpha value is -1.09. The number of hydrogen-bond donors (Lipinski definition) is 0. The van der Waals surface area contributed by atoms with Crippen LogP contribution in [0.5, 0.6) is 0 Å². The lowest BCUT2D eigenvalue weighted by Gasteiger charge is -2.13. The second-order valence-corrected chi connectivity index (χ2v) is 4.72. The van der Waals surface area contributed by atoms with E-state index >= 15 is 0 Å². The van der Waals surface area contributed by atoms with Crippen LogP contribution in [0.3, 0.4) is 0 Å². The summed E-state index contributed by atoms with van der Waals surface area (Å²) in [6, 6.07) is 3.69. The Morgan fingerprint density at radius 1 is 1.36 bits per heavy atom. The van der Waals surface area contributed by atoms with Gasteiger partial charge in [0.2, 0.25) is 0 Å². The summed E-state index contributed by atoms with van der Waals surface area (Å²) >= 11 is 5.79. The van der Waals surface area contributed by atoms with Crippen molar-refractivity contribution in [3.05, 3.63) is 29.2 Å². The lowest BCUT2D eigenvalue weighted by atomic mass is 9.93. The maximum Gasteiger partial charge on any atom is 0.156 e. The summed E-state index contributed by atoms with van der Waals surface area (Å²) in [7, 11) is 0.